The Balaban J connectivity index is 1.65. The molecule has 22 heavy (non-hydrogen) atoms. The molecule has 1 aromatic rings. The second kappa shape index (κ2) is 6.98. The lowest BCUT2D eigenvalue weighted by Gasteiger charge is -2.43. The van der Waals surface area contributed by atoms with E-state index in [-0.39, 0.29) is 11.4 Å². The number of rotatable bonds is 5. The highest BCUT2D eigenvalue weighted by Crippen LogP contribution is 2.35. The molecule has 1 aliphatic carbocycles. The van der Waals surface area contributed by atoms with Crippen LogP contribution in [0.3, 0.4) is 0 Å². The number of morpholine rings is 1. The summed E-state index contributed by atoms with van der Waals surface area (Å²) in [5, 5.41) is 5.04. The minimum atomic E-state index is -0.0219. The molecule has 0 spiro atoms. The molecule has 2 aliphatic rings. The smallest absolute Gasteiger partial charge is 0.265 e. The Morgan fingerprint density at radius 2 is 2.14 bits per heavy atom. The summed E-state index contributed by atoms with van der Waals surface area (Å²) in [5.41, 5.74) is 0.115. The summed E-state index contributed by atoms with van der Waals surface area (Å²) in [6.45, 7) is 4.26. The summed E-state index contributed by atoms with van der Waals surface area (Å²) in [4.78, 5) is 15.6. The van der Waals surface area contributed by atoms with E-state index < -0.39 is 0 Å². The SMILES string of the molecule is COc1ccsc1C(=O)NCC1(N2CCOCC2)CCCC1. The Kier molecular flexibility index (Phi) is 5.00. The molecule has 2 fully saturated rings. The number of thiophene rings is 1. The van der Waals surface area contributed by atoms with Crippen molar-refractivity contribution in [1.29, 1.82) is 0 Å². The molecule has 1 N–H and O–H groups in total. The Labute approximate surface area is 135 Å². The topological polar surface area (TPSA) is 50.8 Å². The summed E-state index contributed by atoms with van der Waals surface area (Å²) in [5.74, 6) is 0.640. The molecule has 122 valence electrons. The van der Waals surface area contributed by atoms with Crippen LogP contribution in [-0.2, 0) is 4.74 Å². The predicted molar refractivity (Wildman–Crippen MR) is 86.8 cm³/mol. The van der Waals surface area contributed by atoms with Gasteiger partial charge < -0.3 is 14.8 Å². The fourth-order valence-electron chi connectivity index (χ4n) is 3.62. The maximum atomic E-state index is 12.4. The number of methoxy groups -OCH3 is 1. The van der Waals surface area contributed by atoms with E-state index in [9.17, 15) is 4.79 Å². The molecule has 1 amide bonds. The van der Waals surface area contributed by atoms with Crippen LogP contribution in [0.15, 0.2) is 11.4 Å². The van der Waals surface area contributed by atoms with Crippen LogP contribution >= 0.6 is 11.3 Å². The van der Waals surface area contributed by atoms with E-state index in [1.165, 1.54) is 24.2 Å². The van der Waals surface area contributed by atoms with Gasteiger partial charge in [-0.15, -0.1) is 11.3 Å². The Bertz CT molecular complexity index is 505. The van der Waals surface area contributed by atoms with Gasteiger partial charge >= 0.3 is 0 Å². The molecular formula is C16H24N2O3S. The molecule has 0 atom stereocenters. The van der Waals surface area contributed by atoms with Crippen LogP contribution in [0.1, 0.15) is 35.4 Å². The Hall–Kier alpha value is -1.11. The second-order valence-corrected chi connectivity index (χ2v) is 6.95. The van der Waals surface area contributed by atoms with Gasteiger partial charge in [-0.2, -0.15) is 0 Å². The van der Waals surface area contributed by atoms with Gasteiger partial charge in [-0.1, -0.05) is 12.8 Å². The van der Waals surface area contributed by atoms with Crippen LogP contribution in [0.5, 0.6) is 5.75 Å². The van der Waals surface area contributed by atoms with Crippen molar-refractivity contribution in [3.63, 3.8) is 0 Å². The lowest BCUT2D eigenvalue weighted by Crippen LogP contribution is -2.57. The van der Waals surface area contributed by atoms with Crippen molar-refractivity contribution in [2.24, 2.45) is 0 Å². The fourth-order valence-corrected chi connectivity index (χ4v) is 4.40. The average Bonchev–Trinajstić information content (AvgIpc) is 3.23. The van der Waals surface area contributed by atoms with Gasteiger partial charge in [0.05, 0.1) is 20.3 Å². The largest absolute Gasteiger partial charge is 0.495 e. The zero-order chi connectivity index (χ0) is 15.4. The molecule has 0 unspecified atom stereocenters. The third-order valence-corrected chi connectivity index (χ3v) is 5.74. The zero-order valence-electron chi connectivity index (χ0n) is 13.1. The van der Waals surface area contributed by atoms with Crippen molar-refractivity contribution in [3.05, 3.63) is 16.3 Å². The second-order valence-electron chi connectivity index (χ2n) is 6.03. The predicted octanol–water partition coefficient (Wildman–Crippen LogP) is 2.13. The van der Waals surface area contributed by atoms with Crippen LogP contribution in [-0.4, -0.2) is 56.3 Å². The summed E-state index contributed by atoms with van der Waals surface area (Å²) >= 11 is 1.43. The molecule has 2 heterocycles. The molecule has 0 bridgehead atoms. The maximum absolute atomic E-state index is 12.4. The first-order valence-electron chi connectivity index (χ1n) is 7.98. The van der Waals surface area contributed by atoms with Gasteiger partial charge in [-0.3, -0.25) is 9.69 Å². The van der Waals surface area contributed by atoms with Gasteiger partial charge in [0.25, 0.3) is 5.91 Å². The van der Waals surface area contributed by atoms with Crippen LogP contribution in [0.4, 0.5) is 0 Å². The van der Waals surface area contributed by atoms with Crippen molar-refractivity contribution in [2.75, 3.05) is 40.0 Å². The summed E-state index contributed by atoms with van der Waals surface area (Å²) in [6, 6.07) is 1.84. The van der Waals surface area contributed by atoms with E-state index in [1.54, 1.807) is 7.11 Å². The highest BCUT2D eigenvalue weighted by molar-refractivity contribution is 7.12. The van der Waals surface area contributed by atoms with Gasteiger partial charge in [0.1, 0.15) is 10.6 Å². The molecule has 5 nitrogen and oxygen atoms in total. The Morgan fingerprint density at radius 3 is 2.82 bits per heavy atom. The molecular weight excluding hydrogens is 300 g/mol. The normalized spacial score (nSPS) is 21.7. The van der Waals surface area contributed by atoms with E-state index in [2.05, 4.69) is 10.2 Å². The van der Waals surface area contributed by atoms with E-state index in [4.69, 9.17) is 9.47 Å². The molecule has 6 heteroatoms. The van der Waals surface area contributed by atoms with E-state index in [0.29, 0.717) is 17.2 Å². The lowest BCUT2D eigenvalue weighted by molar-refractivity contribution is -0.0199. The molecule has 0 radical (unpaired) electrons. The Morgan fingerprint density at radius 1 is 1.41 bits per heavy atom. The number of amides is 1. The summed E-state index contributed by atoms with van der Waals surface area (Å²) in [7, 11) is 1.60. The monoisotopic (exact) mass is 324 g/mol. The minimum Gasteiger partial charge on any atom is -0.495 e. The van der Waals surface area contributed by atoms with Crippen LogP contribution < -0.4 is 10.1 Å². The number of nitrogens with one attached hydrogen (secondary N) is 1. The highest BCUT2D eigenvalue weighted by Gasteiger charge is 2.40. The van der Waals surface area contributed by atoms with Gasteiger partial charge in [-0.05, 0) is 24.3 Å². The highest BCUT2D eigenvalue weighted by atomic mass is 32.1. The van der Waals surface area contributed by atoms with E-state index in [1.807, 2.05) is 11.4 Å². The van der Waals surface area contributed by atoms with Crippen LogP contribution in [0.2, 0.25) is 0 Å². The van der Waals surface area contributed by atoms with Crippen LogP contribution in [0.25, 0.3) is 0 Å². The third kappa shape index (κ3) is 3.14. The first kappa shape index (κ1) is 15.8. The van der Waals surface area contributed by atoms with Gasteiger partial charge in [0, 0.05) is 25.2 Å². The standard InChI is InChI=1S/C16H24N2O3S/c1-20-13-4-11-22-14(13)15(19)17-12-16(5-2-3-6-16)18-7-9-21-10-8-18/h4,11H,2-3,5-10,12H2,1H3,(H,17,19). The van der Waals surface area contributed by atoms with Gasteiger partial charge in [0.15, 0.2) is 0 Å². The van der Waals surface area contributed by atoms with Gasteiger partial charge in [0.2, 0.25) is 0 Å². The number of carbonyl (C=O) groups excluding carboxylic acids is 1. The quantitative estimate of drug-likeness (QED) is 0.901. The molecule has 0 aromatic carbocycles. The molecule has 1 saturated heterocycles. The van der Waals surface area contributed by atoms with Crippen molar-refractivity contribution in [2.45, 2.75) is 31.2 Å². The lowest BCUT2D eigenvalue weighted by atomic mass is 9.94. The van der Waals surface area contributed by atoms with Crippen LogP contribution in [0, 0.1) is 0 Å². The molecule has 1 aliphatic heterocycles. The first-order chi connectivity index (χ1) is 10.7. The van der Waals surface area contributed by atoms with Crippen molar-refractivity contribution in [1.82, 2.24) is 10.2 Å². The number of carbonyl (C=O) groups is 1. The molecule has 1 aromatic heterocycles. The van der Waals surface area contributed by atoms with Crippen molar-refractivity contribution in [3.8, 4) is 5.75 Å². The van der Waals surface area contributed by atoms with E-state index in [0.717, 1.165) is 39.1 Å². The molecule has 1 saturated carbocycles. The molecule has 3 rings (SSSR count). The van der Waals surface area contributed by atoms with Crippen molar-refractivity contribution < 1.29 is 14.3 Å². The number of nitrogens with zero attached hydrogens (tertiary/aromatic N) is 1. The number of hydrogen-bond donors (Lipinski definition) is 1. The minimum absolute atomic E-state index is 0.0219. The van der Waals surface area contributed by atoms with Crippen molar-refractivity contribution >= 4 is 17.2 Å². The first-order valence-corrected chi connectivity index (χ1v) is 8.86. The maximum Gasteiger partial charge on any atom is 0.265 e. The van der Waals surface area contributed by atoms with Gasteiger partial charge in [-0.25, -0.2) is 0 Å². The fraction of sp³-hybridized carbons (Fsp3) is 0.688. The van der Waals surface area contributed by atoms with E-state index >= 15 is 0 Å². The number of hydrogen-bond acceptors (Lipinski definition) is 5. The third-order valence-electron chi connectivity index (χ3n) is 4.85. The average molecular weight is 324 g/mol. The summed E-state index contributed by atoms with van der Waals surface area (Å²) < 4.78 is 10.7. The zero-order valence-corrected chi connectivity index (χ0v) is 13.9. The number of ether oxygens (including phenoxy) is 2. The summed E-state index contributed by atoms with van der Waals surface area (Å²) in [6.07, 6.45) is 4.81.